The number of nitrogens with one attached hydrogen (secondary N) is 1. The summed E-state index contributed by atoms with van der Waals surface area (Å²) in [4.78, 5) is 30.6. The summed E-state index contributed by atoms with van der Waals surface area (Å²) in [7, 11) is 3.71. The summed E-state index contributed by atoms with van der Waals surface area (Å²) < 4.78 is 42.1. The SMILES string of the molecule is CN(C)c1ccc(C(=O)C(=O)O[C@@H](Cc2c(Cl)c[nH+]cc2Cl)c2ccc(OC(F)F)c(OCC3CC3)c2)cc1.[OH-]. The van der Waals surface area contributed by atoms with Crippen molar-refractivity contribution in [2.75, 3.05) is 25.6 Å². The predicted octanol–water partition coefficient (Wildman–Crippen LogP) is 5.80. The summed E-state index contributed by atoms with van der Waals surface area (Å²) in [6.07, 6.45) is 3.96. The Labute approximate surface area is 240 Å². The van der Waals surface area contributed by atoms with Crippen LogP contribution in [-0.4, -0.2) is 44.5 Å². The maximum absolute atomic E-state index is 13.0. The molecule has 1 aromatic heterocycles. The molecule has 0 amide bonds. The third kappa shape index (κ3) is 8.03. The first-order valence-corrected chi connectivity index (χ1v) is 13.0. The van der Waals surface area contributed by atoms with E-state index >= 15 is 0 Å². The third-order valence-corrected chi connectivity index (χ3v) is 6.87. The van der Waals surface area contributed by atoms with Crippen molar-refractivity contribution in [2.45, 2.75) is 32.0 Å². The molecule has 2 N–H and O–H groups in total. The Balaban J connectivity index is 0.00000441. The van der Waals surface area contributed by atoms with Gasteiger partial charge in [0.15, 0.2) is 23.9 Å². The minimum Gasteiger partial charge on any atom is -0.870 e. The number of hydrogen-bond donors (Lipinski definition) is 0. The zero-order valence-electron chi connectivity index (χ0n) is 21.7. The van der Waals surface area contributed by atoms with Gasteiger partial charge in [-0.15, -0.1) is 0 Å². The lowest BCUT2D eigenvalue weighted by Crippen LogP contribution is -2.22. The number of aromatic nitrogens is 1. The van der Waals surface area contributed by atoms with E-state index in [1.807, 2.05) is 19.0 Å². The summed E-state index contributed by atoms with van der Waals surface area (Å²) in [5.74, 6) is -1.67. The van der Waals surface area contributed by atoms with Gasteiger partial charge in [-0.25, -0.2) is 9.78 Å². The van der Waals surface area contributed by atoms with Crippen LogP contribution in [-0.2, 0) is 16.0 Å². The maximum atomic E-state index is 13.0. The van der Waals surface area contributed by atoms with E-state index in [0.29, 0.717) is 23.7 Å². The standard InChI is InChI=1S/C28H26Cl2F2N2O5.H2O/c1-34(2)19-8-5-17(6-9-19)26(35)27(36)38-24(12-20-21(29)13-33-14-22(20)30)18-7-10-23(39-28(31)32)25(11-18)37-15-16-3-4-16;/h5-11,13-14,16,24,28H,3-4,12,15H2,1-2H3;1H2/t24-;/m0./s1. The van der Waals surface area contributed by atoms with E-state index in [0.717, 1.165) is 18.5 Å². The number of halogens is 4. The van der Waals surface area contributed by atoms with Crippen molar-refractivity contribution in [3.05, 3.63) is 81.6 Å². The monoisotopic (exact) mass is 596 g/mol. The highest BCUT2D eigenvalue weighted by molar-refractivity contribution is 6.40. The quantitative estimate of drug-likeness (QED) is 0.148. The number of nitrogens with zero attached hydrogens (tertiary/aromatic N) is 1. The minimum absolute atomic E-state index is 0. The van der Waals surface area contributed by atoms with Crippen LogP contribution in [0.5, 0.6) is 11.5 Å². The van der Waals surface area contributed by atoms with Crippen LogP contribution < -0.4 is 19.4 Å². The van der Waals surface area contributed by atoms with Crippen molar-refractivity contribution >= 4 is 40.6 Å². The molecule has 12 heteroatoms. The van der Waals surface area contributed by atoms with Crippen LogP contribution in [0.1, 0.15) is 40.4 Å². The molecule has 3 aromatic rings. The average molecular weight is 597 g/mol. The smallest absolute Gasteiger partial charge is 0.387 e. The summed E-state index contributed by atoms with van der Waals surface area (Å²) in [6, 6.07) is 10.7. The largest absolute Gasteiger partial charge is 0.870 e. The Hall–Kier alpha value is -3.47. The normalized spacial score (nSPS) is 13.3. The molecule has 1 aliphatic carbocycles. The lowest BCUT2D eigenvalue weighted by Gasteiger charge is -2.21. The lowest BCUT2D eigenvalue weighted by atomic mass is 10.0. The Bertz CT molecular complexity index is 1320. The number of pyridine rings is 1. The van der Waals surface area contributed by atoms with Gasteiger partial charge in [0.1, 0.15) is 16.1 Å². The van der Waals surface area contributed by atoms with Gasteiger partial charge in [-0.1, -0.05) is 29.3 Å². The number of ether oxygens (including phenoxy) is 3. The lowest BCUT2D eigenvalue weighted by molar-refractivity contribution is -0.377. The highest BCUT2D eigenvalue weighted by atomic mass is 35.5. The number of ketones is 1. The molecule has 1 fully saturated rings. The van der Waals surface area contributed by atoms with Crippen LogP contribution in [0.2, 0.25) is 10.0 Å². The zero-order chi connectivity index (χ0) is 28.1. The molecule has 0 unspecified atom stereocenters. The minimum atomic E-state index is -3.05. The Morgan fingerprint density at radius 3 is 2.25 bits per heavy atom. The molecule has 0 spiro atoms. The molecule has 214 valence electrons. The average Bonchev–Trinajstić information content (AvgIpc) is 3.73. The number of rotatable bonds is 12. The zero-order valence-corrected chi connectivity index (χ0v) is 23.2. The number of Topliss-reactive ketones (excluding diaryl/α,β-unsaturated/α-hetero) is 1. The van der Waals surface area contributed by atoms with Crippen LogP contribution in [0.3, 0.4) is 0 Å². The first-order chi connectivity index (χ1) is 18.6. The number of carbonyl (C=O) groups is 2. The van der Waals surface area contributed by atoms with Crippen molar-refractivity contribution in [2.24, 2.45) is 5.92 Å². The Morgan fingerprint density at radius 1 is 1.02 bits per heavy atom. The fourth-order valence-corrected chi connectivity index (χ4v) is 4.35. The second-order valence-corrected chi connectivity index (χ2v) is 10.2. The third-order valence-electron chi connectivity index (χ3n) is 6.19. The van der Waals surface area contributed by atoms with Gasteiger partial charge in [-0.3, -0.25) is 4.79 Å². The van der Waals surface area contributed by atoms with E-state index in [4.69, 9.17) is 32.7 Å². The molecule has 4 rings (SSSR count). The molecule has 1 heterocycles. The molecule has 2 aromatic carbocycles. The Kier molecular flexibility index (Phi) is 10.7. The van der Waals surface area contributed by atoms with Gasteiger partial charge in [0.2, 0.25) is 0 Å². The highest BCUT2D eigenvalue weighted by Gasteiger charge is 2.28. The van der Waals surface area contributed by atoms with Crippen LogP contribution in [0, 0.1) is 5.92 Å². The van der Waals surface area contributed by atoms with Gasteiger partial charge in [0, 0.05) is 37.3 Å². The van der Waals surface area contributed by atoms with Gasteiger partial charge in [-0.05, 0) is 60.7 Å². The number of carbonyl (C=O) groups excluding carboxylic acids is 2. The van der Waals surface area contributed by atoms with Crippen molar-refractivity contribution < 1.29 is 43.0 Å². The van der Waals surface area contributed by atoms with E-state index < -0.39 is 24.5 Å². The first kappa shape index (κ1) is 31.1. The number of benzene rings is 2. The molecule has 0 bridgehead atoms. The van der Waals surface area contributed by atoms with Gasteiger partial charge in [-0.2, -0.15) is 8.78 Å². The number of anilines is 1. The van der Waals surface area contributed by atoms with Crippen molar-refractivity contribution in [1.29, 1.82) is 0 Å². The summed E-state index contributed by atoms with van der Waals surface area (Å²) in [5.41, 5.74) is 1.86. The van der Waals surface area contributed by atoms with Gasteiger partial charge in [0.25, 0.3) is 5.78 Å². The van der Waals surface area contributed by atoms with Crippen LogP contribution in [0.4, 0.5) is 14.5 Å². The van der Waals surface area contributed by atoms with Gasteiger partial charge in [0.05, 0.1) is 6.61 Å². The molecular weight excluding hydrogens is 569 g/mol. The molecular formula is C28H28Cl2F2N2O6. The fourth-order valence-electron chi connectivity index (χ4n) is 3.82. The molecule has 0 aliphatic heterocycles. The molecule has 1 aliphatic rings. The number of hydrogen-bond acceptors (Lipinski definition) is 7. The second-order valence-electron chi connectivity index (χ2n) is 9.34. The molecule has 0 saturated heterocycles. The number of alkyl halides is 2. The van der Waals surface area contributed by atoms with Crippen LogP contribution >= 0.6 is 23.2 Å². The van der Waals surface area contributed by atoms with Gasteiger partial charge >= 0.3 is 12.6 Å². The van der Waals surface area contributed by atoms with E-state index in [2.05, 4.69) is 9.72 Å². The van der Waals surface area contributed by atoms with Crippen molar-refractivity contribution in [1.82, 2.24) is 0 Å². The summed E-state index contributed by atoms with van der Waals surface area (Å²) in [6.45, 7) is -2.72. The molecule has 1 saturated carbocycles. The van der Waals surface area contributed by atoms with Crippen LogP contribution in [0.15, 0.2) is 54.9 Å². The first-order valence-electron chi connectivity index (χ1n) is 12.2. The molecule has 0 radical (unpaired) electrons. The number of H-pyrrole nitrogens is 1. The molecule has 1 atom stereocenters. The summed E-state index contributed by atoms with van der Waals surface area (Å²) in [5, 5.41) is 0.578. The second kappa shape index (κ2) is 13.7. The molecule has 40 heavy (non-hydrogen) atoms. The molecule has 8 nitrogen and oxygen atoms in total. The van der Waals surface area contributed by atoms with E-state index in [1.165, 1.54) is 42.7 Å². The predicted molar refractivity (Wildman–Crippen MR) is 144 cm³/mol. The number of aromatic amines is 1. The van der Waals surface area contributed by atoms with E-state index in [9.17, 15) is 18.4 Å². The highest BCUT2D eigenvalue weighted by Crippen LogP contribution is 2.37. The topological polar surface area (TPSA) is 109 Å². The summed E-state index contributed by atoms with van der Waals surface area (Å²) >= 11 is 12.7. The number of esters is 1. The van der Waals surface area contributed by atoms with Gasteiger partial charge < -0.3 is 24.6 Å². The van der Waals surface area contributed by atoms with Crippen molar-refractivity contribution in [3.63, 3.8) is 0 Å². The maximum Gasteiger partial charge on any atom is 0.387 e. The fraction of sp³-hybridized carbons (Fsp3) is 0.321. The van der Waals surface area contributed by atoms with E-state index in [-0.39, 0.29) is 39.0 Å². The van der Waals surface area contributed by atoms with E-state index in [1.54, 1.807) is 12.1 Å². The van der Waals surface area contributed by atoms with Crippen LogP contribution in [0.25, 0.3) is 0 Å². The Morgan fingerprint density at radius 2 is 1.68 bits per heavy atom. The van der Waals surface area contributed by atoms with Crippen molar-refractivity contribution in [3.8, 4) is 11.5 Å².